The summed E-state index contributed by atoms with van der Waals surface area (Å²) in [7, 11) is 0. The van der Waals surface area contributed by atoms with E-state index in [1.807, 2.05) is 72.8 Å². The van der Waals surface area contributed by atoms with Crippen LogP contribution in [0.1, 0.15) is 18.1 Å². The van der Waals surface area contributed by atoms with Crippen LogP contribution in [-0.4, -0.2) is 5.97 Å². The summed E-state index contributed by atoms with van der Waals surface area (Å²) in [6, 6.07) is 23.3. The normalized spacial score (nSPS) is 13.5. The van der Waals surface area contributed by atoms with E-state index in [2.05, 4.69) is 0 Å². The highest BCUT2D eigenvalue weighted by molar-refractivity contribution is 5.93. The summed E-state index contributed by atoms with van der Waals surface area (Å²) < 4.78 is 5.43. The molecular weight excluding hydrogens is 286 g/mol. The Morgan fingerprint density at radius 3 is 2.39 bits per heavy atom. The molecule has 0 fully saturated rings. The fraction of sp³-hybridized carbons (Fsp3) is 0.150. The molecule has 3 aromatic rings. The van der Waals surface area contributed by atoms with Crippen molar-refractivity contribution in [1.29, 1.82) is 0 Å². The number of hydrogen-bond donors (Lipinski definition) is 1. The van der Waals surface area contributed by atoms with Crippen molar-refractivity contribution in [2.75, 3.05) is 0 Å². The zero-order valence-corrected chi connectivity index (χ0v) is 13.0. The van der Waals surface area contributed by atoms with Gasteiger partial charge in [0.1, 0.15) is 12.1 Å². The van der Waals surface area contributed by atoms with E-state index in [0.717, 1.165) is 21.9 Å². The molecule has 23 heavy (non-hydrogen) atoms. The largest absolute Gasteiger partial charge is 0.459 e. The van der Waals surface area contributed by atoms with Gasteiger partial charge >= 0.3 is 5.97 Å². The minimum atomic E-state index is -1.20. The van der Waals surface area contributed by atoms with Crippen molar-refractivity contribution in [2.24, 2.45) is 5.73 Å². The highest BCUT2D eigenvalue weighted by atomic mass is 16.5. The summed E-state index contributed by atoms with van der Waals surface area (Å²) in [4.78, 5) is 12.5. The van der Waals surface area contributed by atoms with Gasteiger partial charge in [0.25, 0.3) is 0 Å². The van der Waals surface area contributed by atoms with Crippen molar-refractivity contribution < 1.29 is 9.53 Å². The third-order valence-corrected chi connectivity index (χ3v) is 3.99. The quantitative estimate of drug-likeness (QED) is 0.747. The fourth-order valence-corrected chi connectivity index (χ4v) is 2.66. The molecule has 0 aliphatic heterocycles. The van der Waals surface area contributed by atoms with Gasteiger partial charge in [0, 0.05) is 0 Å². The van der Waals surface area contributed by atoms with Gasteiger partial charge in [-0.05, 0) is 28.8 Å². The highest BCUT2D eigenvalue weighted by Crippen LogP contribution is 2.28. The second-order valence-corrected chi connectivity index (χ2v) is 5.79. The first-order valence-electron chi connectivity index (χ1n) is 7.57. The molecule has 3 rings (SSSR count). The van der Waals surface area contributed by atoms with Gasteiger partial charge in [-0.15, -0.1) is 0 Å². The van der Waals surface area contributed by atoms with Gasteiger partial charge in [0.05, 0.1) is 0 Å². The van der Waals surface area contributed by atoms with Gasteiger partial charge in [-0.25, -0.2) is 4.79 Å². The molecule has 0 spiro atoms. The number of nitrogens with two attached hydrogens (primary N) is 1. The summed E-state index contributed by atoms with van der Waals surface area (Å²) in [6.07, 6.45) is 0. The minimum absolute atomic E-state index is 0.219. The number of rotatable bonds is 4. The molecule has 116 valence electrons. The number of hydrogen-bond acceptors (Lipinski definition) is 3. The van der Waals surface area contributed by atoms with E-state index in [1.165, 1.54) is 0 Å². The molecule has 0 bridgehead atoms. The lowest BCUT2D eigenvalue weighted by Crippen LogP contribution is -2.43. The van der Waals surface area contributed by atoms with Crippen molar-refractivity contribution in [2.45, 2.75) is 19.1 Å². The molecule has 0 saturated heterocycles. The number of carbonyl (C=O) groups excluding carboxylic acids is 1. The van der Waals surface area contributed by atoms with Crippen LogP contribution in [0.4, 0.5) is 0 Å². The maximum Gasteiger partial charge on any atom is 0.330 e. The van der Waals surface area contributed by atoms with Gasteiger partial charge < -0.3 is 10.5 Å². The molecule has 0 aliphatic rings. The lowest BCUT2D eigenvalue weighted by Gasteiger charge is -2.24. The molecule has 0 radical (unpaired) electrons. The van der Waals surface area contributed by atoms with Crippen molar-refractivity contribution in [1.82, 2.24) is 0 Å². The monoisotopic (exact) mass is 305 g/mol. The first-order valence-corrected chi connectivity index (χ1v) is 7.57. The van der Waals surface area contributed by atoms with E-state index in [1.54, 1.807) is 6.92 Å². The van der Waals surface area contributed by atoms with E-state index < -0.39 is 11.5 Å². The molecule has 1 atom stereocenters. The Kier molecular flexibility index (Phi) is 4.13. The molecule has 3 heteroatoms. The molecule has 0 aromatic heterocycles. The summed E-state index contributed by atoms with van der Waals surface area (Å²) >= 11 is 0. The Morgan fingerprint density at radius 1 is 0.957 bits per heavy atom. The maximum atomic E-state index is 12.5. The maximum absolute atomic E-state index is 12.5. The Labute approximate surface area is 135 Å². The molecular formula is C20H19NO2. The van der Waals surface area contributed by atoms with Gasteiger partial charge in [0.15, 0.2) is 0 Å². The molecule has 0 saturated carbocycles. The zero-order valence-electron chi connectivity index (χ0n) is 13.0. The molecule has 2 N–H and O–H groups in total. The SMILES string of the molecule is CC(N)(C(=O)OCc1ccccc1)c1cccc2ccccc12. The van der Waals surface area contributed by atoms with Gasteiger partial charge in [0.2, 0.25) is 0 Å². The van der Waals surface area contributed by atoms with Gasteiger partial charge in [-0.1, -0.05) is 72.8 Å². The topological polar surface area (TPSA) is 52.3 Å². The predicted octanol–water partition coefficient (Wildman–Crippen LogP) is 3.76. The van der Waals surface area contributed by atoms with Crippen LogP contribution in [0.3, 0.4) is 0 Å². The van der Waals surface area contributed by atoms with Crippen molar-refractivity contribution in [3.63, 3.8) is 0 Å². The van der Waals surface area contributed by atoms with E-state index in [0.29, 0.717) is 0 Å². The Bertz CT molecular complexity index is 820. The van der Waals surface area contributed by atoms with E-state index in [-0.39, 0.29) is 6.61 Å². The van der Waals surface area contributed by atoms with Crippen LogP contribution in [0, 0.1) is 0 Å². The molecule has 3 aromatic carbocycles. The highest BCUT2D eigenvalue weighted by Gasteiger charge is 2.33. The van der Waals surface area contributed by atoms with Crippen LogP contribution in [0.5, 0.6) is 0 Å². The Balaban J connectivity index is 1.86. The summed E-state index contributed by atoms with van der Waals surface area (Å²) in [5, 5.41) is 2.02. The molecule has 0 aliphatic carbocycles. The van der Waals surface area contributed by atoms with Crippen LogP contribution in [0.25, 0.3) is 10.8 Å². The molecule has 0 amide bonds. The number of benzene rings is 3. The van der Waals surface area contributed by atoms with Crippen LogP contribution < -0.4 is 5.73 Å². The van der Waals surface area contributed by atoms with Crippen LogP contribution >= 0.6 is 0 Å². The fourth-order valence-electron chi connectivity index (χ4n) is 2.66. The van der Waals surface area contributed by atoms with Crippen LogP contribution in [0.2, 0.25) is 0 Å². The molecule has 1 unspecified atom stereocenters. The average molecular weight is 305 g/mol. The predicted molar refractivity (Wildman–Crippen MR) is 91.7 cm³/mol. The summed E-state index contributed by atoms with van der Waals surface area (Å²) in [6.45, 7) is 1.92. The Morgan fingerprint density at radius 2 is 1.61 bits per heavy atom. The van der Waals surface area contributed by atoms with Crippen LogP contribution in [0.15, 0.2) is 72.8 Å². The second-order valence-electron chi connectivity index (χ2n) is 5.79. The Hall–Kier alpha value is -2.65. The first-order chi connectivity index (χ1) is 11.1. The number of carbonyl (C=O) groups is 1. The van der Waals surface area contributed by atoms with Crippen LogP contribution in [-0.2, 0) is 21.7 Å². The lowest BCUT2D eigenvalue weighted by atomic mass is 9.89. The third-order valence-electron chi connectivity index (χ3n) is 3.99. The molecule has 0 heterocycles. The van der Waals surface area contributed by atoms with E-state index >= 15 is 0 Å². The smallest absolute Gasteiger partial charge is 0.330 e. The van der Waals surface area contributed by atoms with E-state index in [4.69, 9.17) is 10.5 Å². The lowest BCUT2D eigenvalue weighted by molar-refractivity contribution is -0.151. The zero-order chi connectivity index (χ0) is 16.3. The van der Waals surface area contributed by atoms with Crippen molar-refractivity contribution in [3.8, 4) is 0 Å². The standard InChI is InChI=1S/C20H19NO2/c1-20(21,19(22)23-14-15-8-3-2-4-9-15)18-13-7-11-16-10-5-6-12-17(16)18/h2-13H,14,21H2,1H3. The summed E-state index contributed by atoms with van der Waals surface area (Å²) in [5.74, 6) is -0.433. The third kappa shape index (κ3) is 3.10. The first kappa shape index (κ1) is 15.3. The number of ether oxygens (including phenoxy) is 1. The molecule has 3 nitrogen and oxygen atoms in total. The summed E-state index contributed by atoms with van der Waals surface area (Å²) in [5.41, 5.74) is 6.85. The minimum Gasteiger partial charge on any atom is -0.459 e. The van der Waals surface area contributed by atoms with Gasteiger partial charge in [-0.2, -0.15) is 0 Å². The van der Waals surface area contributed by atoms with Crippen molar-refractivity contribution in [3.05, 3.63) is 83.9 Å². The number of fused-ring (bicyclic) bond motifs is 1. The second kappa shape index (κ2) is 6.23. The number of esters is 1. The average Bonchev–Trinajstić information content (AvgIpc) is 2.60. The van der Waals surface area contributed by atoms with Crippen molar-refractivity contribution >= 4 is 16.7 Å². The van der Waals surface area contributed by atoms with Gasteiger partial charge in [-0.3, -0.25) is 0 Å². The van der Waals surface area contributed by atoms with E-state index in [9.17, 15) is 4.79 Å².